The zero-order chi connectivity index (χ0) is 17.5. The van der Waals surface area contributed by atoms with Crippen molar-refractivity contribution in [1.29, 1.82) is 0 Å². The van der Waals surface area contributed by atoms with Crippen molar-refractivity contribution in [2.24, 2.45) is 0 Å². The number of carbonyl (C=O) groups excluding carboxylic acids is 1. The van der Waals surface area contributed by atoms with Crippen LogP contribution in [-0.4, -0.2) is 38.6 Å². The van der Waals surface area contributed by atoms with Crippen LogP contribution >= 0.6 is 0 Å². The molecule has 1 aliphatic heterocycles. The van der Waals surface area contributed by atoms with Gasteiger partial charge in [0, 0.05) is 11.3 Å². The van der Waals surface area contributed by atoms with Gasteiger partial charge in [-0.05, 0) is 19.1 Å². The van der Waals surface area contributed by atoms with Gasteiger partial charge in [0.2, 0.25) is 5.91 Å². The number of hydrogen-bond acceptors (Lipinski definition) is 1. The average molecular weight is 339 g/mol. The van der Waals surface area contributed by atoms with Gasteiger partial charge >= 0.3 is 0 Å². The van der Waals surface area contributed by atoms with Crippen LogP contribution in [0.3, 0.4) is 0 Å². The Morgan fingerprint density at radius 1 is 0.920 bits per heavy atom. The lowest BCUT2D eigenvalue weighted by atomic mass is 10.2. The molecule has 1 heterocycles. The summed E-state index contributed by atoms with van der Waals surface area (Å²) in [5.41, 5.74) is 3.51. The number of rotatable bonds is 6. The first-order chi connectivity index (χ1) is 12.2. The van der Waals surface area contributed by atoms with Crippen LogP contribution in [0.4, 0.5) is 5.69 Å². The van der Waals surface area contributed by atoms with Crippen molar-refractivity contribution in [2.75, 3.05) is 38.0 Å². The van der Waals surface area contributed by atoms with E-state index in [4.69, 9.17) is 0 Å². The highest BCUT2D eigenvalue weighted by atomic mass is 16.1. The summed E-state index contributed by atoms with van der Waals surface area (Å²) in [4.78, 5) is 15.3. The number of piperazine rings is 1. The first-order valence-electron chi connectivity index (χ1n) is 9.26. The summed E-state index contributed by atoms with van der Waals surface area (Å²) < 4.78 is 0. The maximum atomic E-state index is 12.1. The van der Waals surface area contributed by atoms with Crippen molar-refractivity contribution in [3.63, 3.8) is 0 Å². The first kappa shape index (κ1) is 17.6. The van der Waals surface area contributed by atoms with Crippen LogP contribution in [0.25, 0.3) is 0 Å². The molecule has 0 aromatic heterocycles. The molecule has 2 aromatic carbocycles. The van der Waals surface area contributed by atoms with E-state index in [1.807, 2.05) is 31.2 Å². The lowest BCUT2D eigenvalue weighted by Gasteiger charge is -2.29. The molecule has 0 atom stereocenters. The Balaban J connectivity index is 1.36. The highest BCUT2D eigenvalue weighted by Gasteiger charge is 2.23. The Hall–Kier alpha value is -2.17. The maximum absolute atomic E-state index is 12.1. The van der Waals surface area contributed by atoms with Gasteiger partial charge in [0.25, 0.3) is 0 Å². The third kappa shape index (κ3) is 5.69. The maximum Gasteiger partial charge on any atom is 0.230 e. The molecule has 0 radical (unpaired) electrons. The van der Waals surface area contributed by atoms with Gasteiger partial charge in [-0.2, -0.15) is 0 Å². The van der Waals surface area contributed by atoms with Crippen LogP contribution in [0.5, 0.6) is 0 Å². The predicted molar refractivity (Wildman–Crippen MR) is 101 cm³/mol. The third-order valence-electron chi connectivity index (χ3n) is 5.00. The van der Waals surface area contributed by atoms with E-state index in [1.54, 1.807) is 9.80 Å². The predicted octanol–water partition coefficient (Wildman–Crippen LogP) is 0.307. The van der Waals surface area contributed by atoms with Crippen molar-refractivity contribution in [2.45, 2.75) is 19.9 Å². The van der Waals surface area contributed by atoms with Gasteiger partial charge in [0.1, 0.15) is 32.7 Å². The van der Waals surface area contributed by atoms with Crippen molar-refractivity contribution in [1.82, 2.24) is 0 Å². The summed E-state index contributed by atoms with van der Waals surface area (Å²) in [6.07, 6.45) is 0.594. The zero-order valence-corrected chi connectivity index (χ0v) is 15.1. The Morgan fingerprint density at radius 2 is 1.56 bits per heavy atom. The topological polar surface area (TPSA) is 38.0 Å². The zero-order valence-electron chi connectivity index (χ0n) is 15.1. The molecule has 0 saturated carbocycles. The van der Waals surface area contributed by atoms with E-state index in [2.05, 4.69) is 35.6 Å². The molecular formula is C21H29N3O+2. The fourth-order valence-corrected chi connectivity index (χ4v) is 3.42. The van der Waals surface area contributed by atoms with Crippen LogP contribution in [0.15, 0.2) is 54.6 Å². The van der Waals surface area contributed by atoms with Gasteiger partial charge in [0.05, 0.1) is 13.0 Å². The molecule has 0 spiro atoms. The molecule has 132 valence electrons. The Labute approximate surface area is 150 Å². The number of aryl methyl sites for hydroxylation is 1. The molecule has 1 fully saturated rings. The van der Waals surface area contributed by atoms with Crippen LogP contribution in [0, 0.1) is 6.92 Å². The van der Waals surface area contributed by atoms with E-state index in [0.29, 0.717) is 6.42 Å². The molecule has 3 rings (SSSR count). The third-order valence-corrected chi connectivity index (χ3v) is 5.00. The minimum absolute atomic E-state index is 0.121. The molecular weight excluding hydrogens is 310 g/mol. The van der Waals surface area contributed by atoms with Crippen molar-refractivity contribution in [3.8, 4) is 0 Å². The van der Waals surface area contributed by atoms with Gasteiger partial charge in [-0.1, -0.05) is 48.0 Å². The highest BCUT2D eigenvalue weighted by molar-refractivity contribution is 5.90. The second kappa shape index (κ2) is 8.79. The lowest BCUT2D eigenvalue weighted by molar-refractivity contribution is -1.02. The molecule has 1 aliphatic rings. The molecule has 25 heavy (non-hydrogen) atoms. The van der Waals surface area contributed by atoms with E-state index in [-0.39, 0.29) is 5.91 Å². The van der Waals surface area contributed by atoms with Gasteiger partial charge in [0.15, 0.2) is 0 Å². The van der Waals surface area contributed by atoms with Crippen LogP contribution < -0.4 is 15.1 Å². The summed E-state index contributed by atoms with van der Waals surface area (Å²) in [5, 5.41) is 2.99. The van der Waals surface area contributed by atoms with E-state index in [0.717, 1.165) is 31.9 Å². The second-order valence-electron chi connectivity index (χ2n) is 7.08. The number of anilines is 1. The fraction of sp³-hybridized carbons (Fsp3) is 0.381. The van der Waals surface area contributed by atoms with Crippen LogP contribution in [-0.2, 0) is 11.3 Å². The van der Waals surface area contributed by atoms with E-state index >= 15 is 0 Å². The minimum atomic E-state index is 0.121. The summed E-state index contributed by atoms with van der Waals surface area (Å²) >= 11 is 0. The van der Waals surface area contributed by atoms with E-state index in [9.17, 15) is 4.79 Å². The largest absolute Gasteiger partial charge is 0.326 e. The number of carbonyl (C=O) groups is 1. The SMILES string of the molecule is Cc1ccc(NC(=O)CC[NH+]2CC[NH+](Cc3ccccc3)CC2)cc1. The van der Waals surface area contributed by atoms with Gasteiger partial charge in [-0.3, -0.25) is 4.79 Å². The molecule has 0 bridgehead atoms. The fourth-order valence-electron chi connectivity index (χ4n) is 3.42. The Morgan fingerprint density at radius 3 is 2.24 bits per heavy atom. The quantitative estimate of drug-likeness (QED) is 0.696. The number of hydrogen-bond donors (Lipinski definition) is 3. The molecule has 1 saturated heterocycles. The average Bonchev–Trinajstić information content (AvgIpc) is 2.64. The molecule has 3 N–H and O–H groups in total. The van der Waals surface area contributed by atoms with E-state index < -0.39 is 0 Å². The number of amides is 1. The molecule has 4 nitrogen and oxygen atoms in total. The molecule has 0 aliphatic carbocycles. The summed E-state index contributed by atoms with van der Waals surface area (Å²) in [7, 11) is 0. The van der Waals surface area contributed by atoms with Gasteiger partial charge in [-0.15, -0.1) is 0 Å². The minimum Gasteiger partial charge on any atom is -0.326 e. The molecule has 1 amide bonds. The first-order valence-corrected chi connectivity index (χ1v) is 9.26. The number of quaternary nitrogens is 2. The summed E-state index contributed by atoms with van der Waals surface area (Å²) in [5.74, 6) is 0.121. The molecule has 0 unspecified atom stereocenters. The standard InChI is InChI=1S/C21H27N3O/c1-18-7-9-20(10-8-18)22-21(25)11-12-23-13-15-24(16-14-23)17-19-5-3-2-4-6-19/h2-10H,11-17H2,1H3,(H,22,25)/p+2. The van der Waals surface area contributed by atoms with E-state index in [1.165, 1.54) is 24.2 Å². The second-order valence-corrected chi connectivity index (χ2v) is 7.08. The number of benzene rings is 2. The normalized spacial score (nSPS) is 20.2. The van der Waals surface area contributed by atoms with Crippen LogP contribution in [0.1, 0.15) is 17.5 Å². The lowest BCUT2D eigenvalue weighted by Crippen LogP contribution is -3.27. The van der Waals surface area contributed by atoms with Crippen molar-refractivity contribution >= 4 is 11.6 Å². The van der Waals surface area contributed by atoms with Gasteiger partial charge < -0.3 is 15.1 Å². The summed E-state index contributed by atoms with van der Waals surface area (Å²) in [6.45, 7) is 8.76. The molecule has 4 heteroatoms. The van der Waals surface area contributed by atoms with Gasteiger partial charge in [-0.25, -0.2) is 0 Å². The monoisotopic (exact) mass is 339 g/mol. The molecule has 2 aromatic rings. The Kier molecular flexibility index (Phi) is 6.20. The smallest absolute Gasteiger partial charge is 0.230 e. The van der Waals surface area contributed by atoms with Crippen molar-refractivity contribution in [3.05, 3.63) is 65.7 Å². The number of nitrogens with one attached hydrogen (secondary N) is 3. The summed E-state index contributed by atoms with van der Waals surface area (Å²) in [6, 6.07) is 18.7. The van der Waals surface area contributed by atoms with Crippen LogP contribution in [0.2, 0.25) is 0 Å². The Bertz CT molecular complexity index is 661. The highest BCUT2D eigenvalue weighted by Crippen LogP contribution is 2.08. The van der Waals surface area contributed by atoms with Crippen molar-refractivity contribution < 1.29 is 14.6 Å².